The van der Waals surface area contributed by atoms with Crippen molar-refractivity contribution in [3.8, 4) is 0 Å². The molecule has 19 heavy (non-hydrogen) atoms. The lowest BCUT2D eigenvalue weighted by Gasteiger charge is -2.30. The predicted octanol–water partition coefficient (Wildman–Crippen LogP) is -1.65. The molecule has 0 saturated carbocycles. The van der Waals surface area contributed by atoms with E-state index in [1.54, 1.807) is 0 Å². The number of hydrogen-bond acceptors (Lipinski definition) is 5. The molecule has 0 heterocycles. The van der Waals surface area contributed by atoms with Gasteiger partial charge in [0.1, 0.15) is 0 Å². The molecule has 0 aromatic heterocycles. The molecule has 7 N–H and O–H groups in total. The van der Waals surface area contributed by atoms with E-state index in [1.807, 2.05) is 0 Å². The highest BCUT2D eigenvalue weighted by molar-refractivity contribution is 7.55. The van der Waals surface area contributed by atoms with Crippen molar-refractivity contribution in [2.24, 2.45) is 0 Å². The Balaban J connectivity index is 5.75. The number of aliphatic carboxylic acids is 2. The summed E-state index contributed by atoms with van der Waals surface area (Å²) in [5, 5.41) is 23.1. The second-order valence-corrected chi connectivity index (χ2v) is 7.44. The first kappa shape index (κ1) is 18.2. The van der Waals surface area contributed by atoms with Crippen LogP contribution in [0.4, 0.5) is 0 Å². The van der Waals surface area contributed by atoms with Crippen LogP contribution in [0.2, 0.25) is 0 Å². The quantitative estimate of drug-likeness (QED) is 0.264. The molecule has 2 unspecified atom stereocenters. The first-order chi connectivity index (χ1) is 8.24. The first-order valence-electron chi connectivity index (χ1n) is 4.48. The Bertz CT molecular complexity index is 460. The third-order valence-corrected chi connectivity index (χ3v) is 4.91. The minimum Gasteiger partial charge on any atom is -0.481 e. The molecule has 0 aliphatic rings. The van der Waals surface area contributed by atoms with Gasteiger partial charge in [-0.3, -0.25) is 18.7 Å². The molecule has 0 radical (unpaired) electrons. The number of hydrogen-bond donors (Lipinski definition) is 7. The maximum absolute atomic E-state index is 11.2. The summed E-state index contributed by atoms with van der Waals surface area (Å²) in [7, 11) is -10.9. The molecular weight excluding hydrogens is 310 g/mol. The van der Waals surface area contributed by atoms with E-state index in [1.165, 1.54) is 0 Å². The molecule has 0 aliphatic heterocycles. The summed E-state index contributed by atoms with van der Waals surface area (Å²) in [6, 6.07) is 0. The molecule has 112 valence electrons. The van der Waals surface area contributed by atoms with Crippen molar-refractivity contribution in [2.75, 3.05) is 0 Å². The zero-order valence-electron chi connectivity index (χ0n) is 9.15. The van der Waals surface area contributed by atoms with Gasteiger partial charge in [-0.2, -0.15) is 0 Å². The SMILES string of the molecule is O=C(O)CC(CC(O)P(=O)(O)O)(C(=O)O)P(=O)(O)O. The standard InChI is InChI=1S/C6H12O11P2/c7-3(8)1-6(5(10)11,19(15,16)17)2-4(9)18(12,13)14/h4,9H,1-2H2,(H,7,8)(H,10,11)(H2,12,13,14)(H2,15,16,17). The van der Waals surface area contributed by atoms with Gasteiger partial charge in [0.05, 0.1) is 6.42 Å². The zero-order valence-corrected chi connectivity index (χ0v) is 10.9. The van der Waals surface area contributed by atoms with Gasteiger partial charge in [-0.15, -0.1) is 0 Å². The lowest BCUT2D eigenvalue weighted by molar-refractivity contribution is -0.148. The summed E-state index contributed by atoms with van der Waals surface area (Å²) in [5.74, 6) is -6.91. The number of aliphatic hydroxyl groups is 1. The molecule has 0 amide bonds. The van der Waals surface area contributed by atoms with Gasteiger partial charge < -0.3 is 34.9 Å². The molecule has 0 aliphatic carbocycles. The van der Waals surface area contributed by atoms with E-state index in [9.17, 15) is 18.7 Å². The molecule has 11 nitrogen and oxygen atoms in total. The Kier molecular flexibility index (Phi) is 5.44. The van der Waals surface area contributed by atoms with Crippen LogP contribution in [0, 0.1) is 0 Å². The van der Waals surface area contributed by atoms with Crippen molar-refractivity contribution >= 4 is 27.1 Å². The monoisotopic (exact) mass is 322 g/mol. The number of aliphatic hydroxyl groups excluding tert-OH is 1. The number of carboxylic acid groups (broad SMARTS) is 2. The van der Waals surface area contributed by atoms with Gasteiger partial charge in [0, 0.05) is 6.42 Å². The van der Waals surface area contributed by atoms with E-state index in [0.29, 0.717) is 0 Å². The minimum absolute atomic E-state index is 1.61. The maximum Gasteiger partial charge on any atom is 0.353 e. The smallest absolute Gasteiger partial charge is 0.353 e. The van der Waals surface area contributed by atoms with E-state index in [0.717, 1.165) is 0 Å². The number of rotatable bonds is 7. The predicted molar refractivity (Wildman–Crippen MR) is 57.3 cm³/mol. The van der Waals surface area contributed by atoms with E-state index >= 15 is 0 Å². The fourth-order valence-corrected chi connectivity index (χ4v) is 2.95. The van der Waals surface area contributed by atoms with Gasteiger partial charge in [-0.25, -0.2) is 0 Å². The van der Waals surface area contributed by atoms with Crippen molar-refractivity contribution in [3.63, 3.8) is 0 Å². The van der Waals surface area contributed by atoms with Crippen LogP contribution in [0.1, 0.15) is 12.8 Å². The lowest BCUT2D eigenvalue weighted by atomic mass is 10.0. The normalized spacial score (nSPS) is 17.5. The van der Waals surface area contributed by atoms with Crippen LogP contribution in [0.5, 0.6) is 0 Å². The molecular formula is C6H12O11P2. The Morgan fingerprint density at radius 2 is 1.47 bits per heavy atom. The maximum atomic E-state index is 11.2. The molecule has 0 saturated heterocycles. The van der Waals surface area contributed by atoms with E-state index in [2.05, 4.69) is 0 Å². The van der Waals surface area contributed by atoms with Gasteiger partial charge in [0.15, 0.2) is 11.0 Å². The molecule has 0 bridgehead atoms. The summed E-state index contributed by atoms with van der Waals surface area (Å²) in [5.41, 5.74) is 0. The molecule has 0 rings (SSSR count). The highest BCUT2D eigenvalue weighted by Gasteiger charge is 2.58. The van der Waals surface area contributed by atoms with E-state index < -0.39 is 51.0 Å². The zero-order chi connectivity index (χ0) is 15.6. The van der Waals surface area contributed by atoms with Crippen LogP contribution < -0.4 is 0 Å². The fraction of sp³-hybridized carbons (Fsp3) is 0.667. The first-order valence-corrected chi connectivity index (χ1v) is 7.77. The Hall–Kier alpha value is -0.800. The van der Waals surface area contributed by atoms with Crippen LogP contribution in [-0.2, 0) is 18.7 Å². The van der Waals surface area contributed by atoms with Crippen molar-refractivity contribution in [1.29, 1.82) is 0 Å². The molecule has 2 atom stereocenters. The van der Waals surface area contributed by atoms with Gasteiger partial charge in [0.2, 0.25) is 0 Å². The van der Waals surface area contributed by atoms with Crippen LogP contribution in [0.25, 0.3) is 0 Å². The molecule has 0 spiro atoms. The second-order valence-electron chi connectivity index (χ2n) is 3.73. The van der Waals surface area contributed by atoms with Gasteiger partial charge in [0.25, 0.3) is 0 Å². The van der Waals surface area contributed by atoms with Crippen LogP contribution >= 0.6 is 15.2 Å². The Morgan fingerprint density at radius 1 is 1.05 bits per heavy atom. The van der Waals surface area contributed by atoms with E-state index in [4.69, 9.17) is 34.9 Å². The summed E-state index contributed by atoms with van der Waals surface area (Å²) in [6.45, 7) is 0. The minimum atomic E-state index is -5.62. The lowest BCUT2D eigenvalue weighted by Crippen LogP contribution is -2.43. The Labute approximate surface area is 105 Å². The highest BCUT2D eigenvalue weighted by Crippen LogP contribution is 2.58. The van der Waals surface area contributed by atoms with Crippen molar-refractivity contribution in [1.82, 2.24) is 0 Å². The van der Waals surface area contributed by atoms with Crippen molar-refractivity contribution in [2.45, 2.75) is 23.8 Å². The average molecular weight is 322 g/mol. The molecule has 0 aromatic rings. The Morgan fingerprint density at radius 3 is 1.68 bits per heavy atom. The summed E-state index contributed by atoms with van der Waals surface area (Å²) in [4.78, 5) is 56.6. The summed E-state index contributed by atoms with van der Waals surface area (Å²) in [6.07, 6.45) is -3.22. The number of carbonyl (C=O) groups is 2. The van der Waals surface area contributed by atoms with Crippen LogP contribution in [0.3, 0.4) is 0 Å². The third kappa shape index (κ3) is 4.36. The molecule has 0 aromatic carbocycles. The van der Waals surface area contributed by atoms with Gasteiger partial charge in [-0.1, -0.05) is 0 Å². The largest absolute Gasteiger partial charge is 0.481 e. The van der Waals surface area contributed by atoms with Crippen LogP contribution in [0.15, 0.2) is 0 Å². The topological polar surface area (TPSA) is 210 Å². The van der Waals surface area contributed by atoms with Gasteiger partial charge >= 0.3 is 27.1 Å². The molecule has 13 heteroatoms. The van der Waals surface area contributed by atoms with Crippen molar-refractivity contribution < 1.29 is 53.6 Å². The fourth-order valence-electron chi connectivity index (χ4n) is 1.25. The summed E-state index contributed by atoms with van der Waals surface area (Å²) < 4.78 is 21.9. The van der Waals surface area contributed by atoms with Crippen LogP contribution in [-0.4, -0.2) is 57.8 Å². The van der Waals surface area contributed by atoms with Gasteiger partial charge in [-0.05, 0) is 0 Å². The van der Waals surface area contributed by atoms with E-state index in [-0.39, 0.29) is 0 Å². The number of carboxylic acids is 2. The third-order valence-electron chi connectivity index (χ3n) is 2.31. The summed E-state index contributed by atoms with van der Waals surface area (Å²) >= 11 is 0. The molecule has 0 fully saturated rings. The van der Waals surface area contributed by atoms with Crippen molar-refractivity contribution in [3.05, 3.63) is 0 Å². The second kappa shape index (κ2) is 5.68. The average Bonchev–Trinajstić information content (AvgIpc) is 2.11. The highest BCUT2D eigenvalue weighted by atomic mass is 31.2.